The molecule has 3 nitrogen and oxygen atoms in total. The molecule has 1 unspecified atom stereocenters. The van der Waals surface area contributed by atoms with Crippen LogP contribution in [0.15, 0.2) is 67.0 Å². The number of amides is 1. The summed E-state index contributed by atoms with van der Waals surface area (Å²) in [4.78, 5) is 12.1. The van der Waals surface area contributed by atoms with Crippen molar-refractivity contribution in [2.24, 2.45) is 7.05 Å². The van der Waals surface area contributed by atoms with E-state index >= 15 is 0 Å². The van der Waals surface area contributed by atoms with Crippen molar-refractivity contribution >= 4 is 22.8 Å². The average Bonchev–Trinajstić information content (AvgIpc) is 2.98. The van der Waals surface area contributed by atoms with Gasteiger partial charge in [0.15, 0.2) is 0 Å². The van der Waals surface area contributed by atoms with Crippen molar-refractivity contribution in [3.8, 4) is 0 Å². The van der Waals surface area contributed by atoms with Crippen LogP contribution in [0.5, 0.6) is 0 Å². The van der Waals surface area contributed by atoms with Crippen molar-refractivity contribution in [3.63, 3.8) is 0 Å². The number of nitrogens with one attached hydrogen (secondary N) is 1. The van der Waals surface area contributed by atoms with Gasteiger partial charge < -0.3 is 9.88 Å². The van der Waals surface area contributed by atoms with Gasteiger partial charge in [-0.25, -0.2) is 0 Å². The molecule has 0 saturated carbocycles. The SMILES string of the molecule is CC(NC(=O)/C=C/c1ccn(C)c1)c1cccc2ccccc12. The van der Waals surface area contributed by atoms with E-state index in [1.807, 2.05) is 61.3 Å². The Morgan fingerprint density at radius 1 is 1.13 bits per heavy atom. The predicted molar refractivity (Wildman–Crippen MR) is 95.0 cm³/mol. The highest BCUT2D eigenvalue weighted by Gasteiger charge is 2.10. The number of benzene rings is 2. The van der Waals surface area contributed by atoms with E-state index in [1.54, 1.807) is 6.08 Å². The summed E-state index contributed by atoms with van der Waals surface area (Å²) in [7, 11) is 1.96. The van der Waals surface area contributed by atoms with Gasteiger partial charge in [-0.1, -0.05) is 42.5 Å². The van der Waals surface area contributed by atoms with Gasteiger partial charge >= 0.3 is 0 Å². The number of rotatable bonds is 4. The van der Waals surface area contributed by atoms with E-state index < -0.39 is 0 Å². The Morgan fingerprint density at radius 2 is 1.91 bits per heavy atom. The van der Waals surface area contributed by atoms with Gasteiger partial charge in [0.2, 0.25) is 5.91 Å². The third-order valence-corrected chi connectivity index (χ3v) is 3.93. The molecule has 1 heterocycles. The summed E-state index contributed by atoms with van der Waals surface area (Å²) in [6.45, 7) is 2.01. The van der Waals surface area contributed by atoms with Gasteiger partial charge in [-0.2, -0.15) is 0 Å². The molecule has 0 spiro atoms. The van der Waals surface area contributed by atoms with E-state index in [0.717, 1.165) is 11.1 Å². The van der Waals surface area contributed by atoms with Crippen LogP contribution in [0.1, 0.15) is 24.1 Å². The molecule has 2 aromatic carbocycles. The van der Waals surface area contributed by atoms with Gasteiger partial charge in [0.1, 0.15) is 0 Å². The van der Waals surface area contributed by atoms with Gasteiger partial charge in [0, 0.05) is 25.5 Å². The van der Waals surface area contributed by atoms with Gasteiger partial charge in [-0.05, 0) is 41.0 Å². The largest absolute Gasteiger partial charge is 0.357 e. The highest BCUT2D eigenvalue weighted by Crippen LogP contribution is 2.23. The summed E-state index contributed by atoms with van der Waals surface area (Å²) in [5, 5.41) is 5.39. The molecule has 0 aliphatic heterocycles. The highest BCUT2D eigenvalue weighted by molar-refractivity contribution is 5.93. The first kappa shape index (κ1) is 15.1. The number of hydrogen-bond acceptors (Lipinski definition) is 1. The maximum Gasteiger partial charge on any atom is 0.244 e. The summed E-state index contributed by atoms with van der Waals surface area (Å²) in [5.41, 5.74) is 2.14. The lowest BCUT2D eigenvalue weighted by Crippen LogP contribution is -2.24. The van der Waals surface area contributed by atoms with Crippen molar-refractivity contribution < 1.29 is 4.79 Å². The fourth-order valence-corrected chi connectivity index (χ4v) is 2.76. The van der Waals surface area contributed by atoms with Crippen LogP contribution < -0.4 is 5.32 Å². The lowest BCUT2D eigenvalue weighted by atomic mass is 10.00. The van der Waals surface area contributed by atoms with Crippen molar-refractivity contribution in [1.82, 2.24) is 9.88 Å². The molecule has 3 aromatic rings. The Balaban J connectivity index is 1.74. The first-order valence-corrected chi connectivity index (χ1v) is 7.72. The standard InChI is InChI=1S/C20H20N2O/c1-15(18-9-5-7-17-6-3-4-8-19(17)18)21-20(23)11-10-16-12-13-22(2)14-16/h3-15H,1-2H3,(H,21,23)/b11-10+. The van der Waals surface area contributed by atoms with Gasteiger partial charge in [-0.3, -0.25) is 4.79 Å². The molecule has 0 bridgehead atoms. The van der Waals surface area contributed by atoms with Gasteiger partial charge in [0.25, 0.3) is 0 Å². The second-order valence-electron chi connectivity index (χ2n) is 5.74. The molecular formula is C20H20N2O. The molecule has 3 rings (SSSR count). The Labute approximate surface area is 136 Å². The normalized spacial score (nSPS) is 12.6. The minimum Gasteiger partial charge on any atom is -0.357 e. The van der Waals surface area contributed by atoms with Gasteiger partial charge in [0.05, 0.1) is 6.04 Å². The molecule has 0 fully saturated rings. The quantitative estimate of drug-likeness (QED) is 0.724. The first-order valence-electron chi connectivity index (χ1n) is 7.72. The Bertz CT molecular complexity index is 855. The van der Waals surface area contributed by atoms with Crippen molar-refractivity contribution in [1.29, 1.82) is 0 Å². The number of fused-ring (bicyclic) bond motifs is 1. The Morgan fingerprint density at radius 3 is 2.70 bits per heavy atom. The fourth-order valence-electron chi connectivity index (χ4n) is 2.76. The van der Waals surface area contributed by atoms with E-state index in [4.69, 9.17) is 0 Å². The third kappa shape index (κ3) is 3.51. The van der Waals surface area contributed by atoms with Crippen LogP contribution in [0.4, 0.5) is 0 Å². The molecular weight excluding hydrogens is 284 g/mol. The van der Waals surface area contributed by atoms with Crippen molar-refractivity contribution in [2.75, 3.05) is 0 Å². The van der Waals surface area contributed by atoms with E-state index in [9.17, 15) is 4.79 Å². The lowest BCUT2D eigenvalue weighted by molar-refractivity contribution is -0.117. The molecule has 0 radical (unpaired) electrons. The minimum absolute atomic E-state index is 0.0472. The molecule has 23 heavy (non-hydrogen) atoms. The average molecular weight is 304 g/mol. The van der Waals surface area contributed by atoms with E-state index in [0.29, 0.717) is 0 Å². The van der Waals surface area contributed by atoms with E-state index in [1.165, 1.54) is 10.8 Å². The predicted octanol–water partition coefficient (Wildman–Crippen LogP) is 4.07. The van der Waals surface area contributed by atoms with Crippen molar-refractivity contribution in [2.45, 2.75) is 13.0 Å². The molecule has 1 amide bonds. The van der Waals surface area contributed by atoms with Crippen LogP contribution in [0, 0.1) is 0 Å². The van der Waals surface area contributed by atoms with Crippen molar-refractivity contribution in [3.05, 3.63) is 78.1 Å². The third-order valence-electron chi connectivity index (χ3n) is 3.93. The molecule has 1 atom stereocenters. The number of aromatic nitrogens is 1. The van der Waals surface area contributed by atoms with Crippen LogP contribution >= 0.6 is 0 Å². The first-order chi connectivity index (χ1) is 11.1. The minimum atomic E-state index is -0.0886. The Kier molecular flexibility index (Phi) is 4.29. The van der Waals surface area contributed by atoms with E-state index in [-0.39, 0.29) is 11.9 Å². The number of carbonyl (C=O) groups is 1. The van der Waals surface area contributed by atoms with Gasteiger partial charge in [-0.15, -0.1) is 0 Å². The summed E-state index contributed by atoms with van der Waals surface area (Å²) < 4.78 is 1.95. The zero-order valence-corrected chi connectivity index (χ0v) is 13.4. The molecule has 1 N–H and O–H groups in total. The molecule has 0 aliphatic carbocycles. The summed E-state index contributed by atoms with van der Waals surface area (Å²) >= 11 is 0. The van der Waals surface area contributed by atoms with E-state index in [2.05, 4.69) is 29.6 Å². The topological polar surface area (TPSA) is 34.0 Å². The smallest absolute Gasteiger partial charge is 0.244 e. The van der Waals surface area contributed by atoms with Crippen LogP contribution in [-0.4, -0.2) is 10.5 Å². The molecule has 1 aromatic heterocycles. The number of nitrogens with zero attached hydrogens (tertiary/aromatic N) is 1. The second-order valence-corrected chi connectivity index (χ2v) is 5.74. The van der Waals surface area contributed by atoms with Crippen LogP contribution in [0.3, 0.4) is 0 Å². The number of hydrogen-bond donors (Lipinski definition) is 1. The zero-order valence-electron chi connectivity index (χ0n) is 13.4. The zero-order chi connectivity index (χ0) is 16.2. The molecule has 116 valence electrons. The fraction of sp³-hybridized carbons (Fsp3) is 0.150. The van der Waals surface area contributed by atoms with Crippen LogP contribution in [0.2, 0.25) is 0 Å². The Hall–Kier alpha value is -2.81. The highest BCUT2D eigenvalue weighted by atomic mass is 16.1. The monoisotopic (exact) mass is 304 g/mol. The number of aryl methyl sites for hydroxylation is 1. The summed E-state index contributed by atoms with van der Waals surface area (Å²) in [6, 6.07) is 16.3. The maximum absolute atomic E-state index is 12.1. The molecule has 0 aliphatic rings. The second kappa shape index (κ2) is 6.53. The lowest BCUT2D eigenvalue weighted by Gasteiger charge is -2.15. The molecule has 0 saturated heterocycles. The number of carbonyl (C=O) groups excluding carboxylic acids is 1. The molecule has 3 heteroatoms. The summed E-state index contributed by atoms with van der Waals surface area (Å²) in [5.74, 6) is -0.0886. The van der Waals surface area contributed by atoms with Crippen LogP contribution in [0.25, 0.3) is 16.8 Å². The maximum atomic E-state index is 12.1. The summed E-state index contributed by atoms with van der Waals surface area (Å²) in [6.07, 6.45) is 7.33. The van der Waals surface area contributed by atoms with Crippen LogP contribution in [-0.2, 0) is 11.8 Å².